The van der Waals surface area contributed by atoms with E-state index in [0.29, 0.717) is 5.92 Å². The highest BCUT2D eigenvalue weighted by Crippen LogP contribution is 2.40. The quantitative estimate of drug-likeness (QED) is 0.851. The fraction of sp³-hybridized carbons (Fsp3) is 0.647. The van der Waals surface area contributed by atoms with Crippen LogP contribution in [0.4, 0.5) is 0 Å². The molecule has 0 amide bonds. The van der Waals surface area contributed by atoms with E-state index in [4.69, 9.17) is 5.73 Å². The summed E-state index contributed by atoms with van der Waals surface area (Å²) in [7, 11) is 4.34. The van der Waals surface area contributed by atoms with Gasteiger partial charge in [0.15, 0.2) is 0 Å². The van der Waals surface area contributed by atoms with E-state index in [2.05, 4.69) is 57.1 Å². The van der Waals surface area contributed by atoms with Crippen molar-refractivity contribution in [1.29, 1.82) is 0 Å². The summed E-state index contributed by atoms with van der Waals surface area (Å²) in [6.07, 6.45) is 4.55. The first-order chi connectivity index (χ1) is 9.05. The van der Waals surface area contributed by atoms with Gasteiger partial charge >= 0.3 is 0 Å². The predicted molar refractivity (Wildman–Crippen MR) is 82.5 cm³/mol. The zero-order valence-electron chi connectivity index (χ0n) is 12.8. The Morgan fingerprint density at radius 2 is 1.89 bits per heavy atom. The SMILES string of the molecule is CCC(CC)(C(N)CC1Cc2ccccc21)N(C)C. The third kappa shape index (κ3) is 2.44. The highest BCUT2D eigenvalue weighted by molar-refractivity contribution is 5.40. The van der Waals surface area contributed by atoms with Crippen molar-refractivity contribution in [3.05, 3.63) is 35.4 Å². The molecule has 106 valence electrons. The first kappa shape index (κ1) is 14.5. The van der Waals surface area contributed by atoms with Gasteiger partial charge in [0, 0.05) is 11.6 Å². The number of rotatable bonds is 6. The van der Waals surface area contributed by atoms with E-state index in [1.165, 1.54) is 17.5 Å². The van der Waals surface area contributed by atoms with E-state index < -0.39 is 0 Å². The summed E-state index contributed by atoms with van der Waals surface area (Å²) in [4.78, 5) is 2.34. The molecule has 1 aromatic carbocycles. The molecule has 2 N–H and O–H groups in total. The van der Waals surface area contributed by atoms with Crippen molar-refractivity contribution < 1.29 is 0 Å². The standard InChI is InChI=1S/C17H28N2/c1-5-17(6-2,19(3)4)16(18)12-14-11-13-9-7-8-10-15(13)14/h7-10,14,16H,5-6,11-12,18H2,1-4H3. The lowest BCUT2D eigenvalue weighted by atomic mass is 9.70. The Balaban J connectivity index is 2.08. The van der Waals surface area contributed by atoms with Gasteiger partial charge in [0.05, 0.1) is 0 Å². The molecule has 2 nitrogen and oxygen atoms in total. The number of fused-ring (bicyclic) bond motifs is 1. The number of hydrogen-bond donors (Lipinski definition) is 1. The molecule has 2 atom stereocenters. The smallest absolute Gasteiger partial charge is 0.0349 e. The van der Waals surface area contributed by atoms with Crippen molar-refractivity contribution in [3.63, 3.8) is 0 Å². The Kier molecular flexibility index (Phi) is 4.32. The molecule has 19 heavy (non-hydrogen) atoms. The number of hydrogen-bond acceptors (Lipinski definition) is 2. The van der Waals surface area contributed by atoms with Crippen molar-refractivity contribution in [2.45, 2.75) is 57.0 Å². The van der Waals surface area contributed by atoms with Crippen LogP contribution < -0.4 is 5.73 Å². The minimum Gasteiger partial charge on any atom is -0.326 e. The number of benzene rings is 1. The predicted octanol–water partition coefficient (Wildman–Crippen LogP) is 3.16. The van der Waals surface area contributed by atoms with Crippen LogP contribution in [0.5, 0.6) is 0 Å². The normalized spacial score (nSPS) is 20.0. The van der Waals surface area contributed by atoms with Crippen LogP contribution in [-0.2, 0) is 6.42 Å². The molecule has 0 aromatic heterocycles. The van der Waals surface area contributed by atoms with Gasteiger partial charge in [-0.15, -0.1) is 0 Å². The summed E-state index contributed by atoms with van der Waals surface area (Å²) in [5.74, 6) is 0.670. The highest BCUT2D eigenvalue weighted by atomic mass is 15.2. The molecule has 2 unspecified atom stereocenters. The Morgan fingerprint density at radius 1 is 1.26 bits per heavy atom. The maximum Gasteiger partial charge on any atom is 0.0349 e. The molecule has 1 aliphatic rings. The number of nitrogens with two attached hydrogens (primary N) is 1. The minimum atomic E-state index is 0.143. The molecular formula is C17H28N2. The number of likely N-dealkylation sites (N-methyl/N-ethyl adjacent to an activating group) is 1. The molecule has 2 rings (SSSR count). The zero-order chi connectivity index (χ0) is 14.0. The van der Waals surface area contributed by atoms with Crippen molar-refractivity contribution >= 4 is 0 Å². The third-order valence-corrected chi connectivity index (χ3v) is 5.31. The van der Waals surface area contributed by atoms with Gasteiger partial charge in [-0.1, -0.05) is 38.1 Å². The average molecular weight is 260 g/mol. The van der Waals surface area contributed by atoms with E-state index in [0.717, 1.165) is 19.3 Å². The van der Waals surface area contributed by atoms with Crippen LogP contribution in [0.25, 0.3) is 0 Å². The van der Waals surface area contributed by atoms with Crippen LogP contribution in [0.2, 0.25) is 0 Å². The van der Waals surface area contributed by atoms with Crippen molar-refractivity contribution in [2.75, 3.05) is 14.1 Å². The fourth-order valence-electron chi connectivity index (χ4n) is 3.84. The van der Waals surface area contributed by atoms with Gasteiger partial charge in [0.2, 0.25) is 0 Å². The lowest BCUT2D eigenvalue weighted by Crippen LogP contribution is -2.57. The summed E-state index contributed by atoms with van der Waals surface area (Å²) in [5.41, 5.74) is 9.79. The fourth-order valence-corrected chi connectivity index (χ4v) is 3.84. The molecule has 0 spiro atoms. The maximum atomic E-state index is 6.60. The summed E-state index contributed by atoms with van der Waals surface area (Å²) in [5, 5.41) is 0. The summed E-state index contributed by atoms with van der Waals surface area (Å²) in [6, 6.07) is 9.05. The van der Waals surface area contributed by atoms with Gasteiger partial charge in [0.25, 0.3) is 0 Å². The lowest BCUT2D eigenvalue weighted by molar-refractivity contribution is 0.0972. The first-order valence-electron chi connectivity index (χ1n) is 7.56. The van der Waals surface area contributed by atoms with E-state index in [9.17, 15) is 0 Å². The second-order valence-electron chi connectivity index (χ2n) is 6.15. The van der Waals surface area contributed by atoms with Gasteiger partial charge in [-0.3, -0.25) is 0 Å². The van der Waals surface area contributed by atoms with Crippen LogP contribution in [0.15, 0.2) is 24.3 Å². The lowest BCUT2D eigenvalue weighted by Gasteiger charge is -2.46. The van der Waals surface area contributed by atoms with Crippen LogP contribution in [0.1, 0.15) is 50.2 Å². The van der Waals surface area contributed by atoms with Gasteiger partial charge in [0.1, 0.15) is 0 Å². The van der Waals surface area contributed by atoms with Gasteiger partial charge in [-0.05, 0) is 56.8 Å². The van der Waals surface area contributed by atoms with Crippen molar-refractivity contribution in [2.24, 2.45) is 5.73 Å². The first-order valence-corrected chi connectivity index (χ1v) is 7.56. The molecule has 0 fully saturated rings. The van der Waals surface area contributed by atoms with Crippen LogP contribution in [0.3, 0.4) is 0 Å². The highest BCUT2D eigenvalue weighted by Gasteiger charge is 2.38. The van der Waals surface area contributed by atoms with E-state index >= 15 is 0 Å². The molecule has 0 heterocycles. The van der Waals surface area contributed by atoms with Crippen molar-refractivity contribution in [3.8, 4) is 0 Å². The molecule has 0 aliphatic heterocycles. The zero-order valence-corrected chi connectivity index (χ0v) is 12.8. The molecule has 1 aromatic rings. The maximum absolute atomic E-state index is 6.60. The minimum absolute atomic E-state index is 0.143. The van der Waals surface area contributed by atoms with Gasteiger partial charge in [-0.2, -0.15) is 0 Å². The topological polar surface area (TPSA) is 29.3 Å². The van der Waals surface area contributed by atoms with Crippen LogP contribution in [-0.4, -0.2) is 30.6 Å². The molecule has 0 saturated carbocycles. The Labute approximate surface area is 118 Å². The molecule has 0 bridgehead atoms. The molecule has 1 aliphatic carbocycles. The van der Waals surface area contributed by atoms with E-state index in [-0.39, 0.29) is 11.6 Å². The van der Waals surface area contributed by atoms with Crippen LogP contribution in [0, 0.1) is 0 Å². The largest absolute Gasteiger partial charge is 0.326 e. The van der Waals surface area contributed by atoms with Gasteiger partial charge in [-0.25, -0.2) is 0 Å². The Hall–Kier alpha value is -0.860. The Bertz CT molecular complexity index is 421. The second-order valence-corrected chi connectivity index (χ2v) is 6.15. The van der Waals surface area contributed by atoms with Crippen LogP contribution >= 0.6 is 0 Å². The summed E-state index contributed by atoms with van der Waals surface area (Å²) >= 11 is 0. The van der Waals surface area contributed by atoms with Gasteiger partial charge < -0.3 is 10.6 Å². The molecule has 0 radical (unpaired) electrons. The monoisotopic (exact) mass is 260 g/mol. The summed E-state index contributed by atoms with van der Waals surface area (Å²) in [6.45, 7) is 4.52. The molecular weight excluding hydrogens is 232 g/mol. The molecule has 2 heteroatoms. The molecule has 0 saturated heterocycles. The van der Waals surface area contributed by atoms with Crippen molar-refractivity contribution in [1.82, 2.24) is 4.90 Å². The van der Waals surface area contributed by atoms with E-state index in [1.807, 2.05) is 0 Å². The Morgan fingerprint density at radius 3 is 2.42 bits per heavy atom. The third-order valence-electron chi connectivity index (χ3n) is 5.31. The van der Waals surface area contributed by atoms with E-state index in [1.54, 1.807) is 0 Å². The average Bonchev–Trinajstić information content (AvgIpc) is 2.37. The second kappa shape index (κ2) is 5.64. The summed E-state index contributed by atoms with van der Waals surface area (Å²) < 4.78 is 0. The number of nitrogens with zero attached hydrogens (tertiary/aromatic N) is 1.